The van der Waals surface area contributed by atoms with Gasteiger partial charge in [0, 0.05) is 4.47 Å². The van der Waals surface area contributed by atoms with Crippen LogP contribution in [-0.4, -0.2) is 12.3 Å². The summed E-state index contributed by atoms with van der Waals surface area (Å²) in [6.07, 6.45) is 1.29. The first-order valence-corrected chi connectivity index (χ1v) is 6.31. The van der Waals surface area contributed by atoms with Crippen molar-refractivity contribution >= 4 is 27.7 Å². The third-order valence-corrected chi connectivity index (χ3v) is 3.88. The van der Waals surface area contributed by atoms with Crippen LogP contribution in [0.25, 0.3) is 0 Å². The molecule has 0 radical (unpaired) electrons. The van der Waals surface area contributed by atoms with Crippen molar-refractivity contribution in [1.82, 2.24) is 5.32 Å². The molecule has 3 heteroatoms. The van der Waals surface area contributed by atoms with Gasteiger partial charge < -0.3 is 5.32 Å². The number of hydrogen-bond donors (Lipinski definition) is 1. The minimum Gasteiger partial charge on any atom is -0.302 e. The average Bonchev–Trinajstić information content (AvgIpc) is 2.19. The van der Waals surface area contributed by atoms with Crippen molar-refractivity contribution in [1.29, 1.82) is 0 Å². The molecule has 1 nitrogen and oxygen atoms in total. The summed E-state index contributed by atoms with van der Waals surface area (Å²) in [5.41, 5.74) is 1.37. The van der Waals surface area contributed by atoms with Crippen molar-refractivity contribution < 1.29 is 0 Å². The molecule has 0 unspecified atom stereocenters. The van der Waals surface area contributed by atoms with Gasteiger partial charge in [-0.05, 0) is 36.4 Å². The second-order valence-electron chi connectivity index (χ2n) is 3.11. The molecule has 70 valence electrons. The number of hydrogen-bond acceptors (Lipinski definition) is 2. The second kappa shape index (κ2) is 4.49. The highest BCUT2D eigenvalue weighted by Crippen LogP contribution is 2.30. The average molecular weight is 258 g/mol. The van der Waals surface area contributed by atoms with Gasteiger partial charge in [0.05, 0.1) is 5.37 Å². The monoisotopic (exact) mass is 257 g/mol. The predicted molar refractivity (Wildman–Crippen MR) is 62.0 cm³/mol. The SMILES string of the molecule is Brc1cccc([C@@H]2NCCCS2)c1. The lowest BCUT2D eigenvalue weighted by atomic mass is 10.2. The van der Waals surface area contributed by atoms with Crippen molar-refractivity contribution in [3.05, 3.63) is 34.3 Å². The van der Waals surface area contributed by atoms with Crippen LogP contribution in [0.15, 0.2) is 28.7 Å². The summed E-state index contributed by atoms with van der Waals surface area (Å²) in [6.45, 7) is 1.14. The van der Waals surface area contributed by atoms with Gasteiger partial charge in [0.25, 0.3) is 0 Å². The Morgan fingerprint density at radius 2 is 2.38 bits per heavy atom. The summed E-state index contributed by atoms with van der Waals surface area (Å²) < 4.78 is 1.16. The van der Waals surface area contributed by atoms with E-state index in [4.69, 9.17) is 0 Å². The molecule has 0 saturated carbocycles. The van der Waals surface area contributed by atoms with E-state index in [1.807, 2.05) is 11.8 Å². The van der Waals surface area contributed by atoms with E-state index < -0.39 is 0 Å². The predicted octanol–water partition coefficient (Wildman–Crippen LogP) is 3.17. The lowest BCUT2D eigenvalue weighted by Gasteiger charge is -2.23. The topological polar surface area (TPSA) is 12.0 Å². The Labute approximate surface area is 91.4 Å². The lowest BCUT2D eigenvalue weighted by Crippen LogP contribution is -2.25. The molecule has 1 heterocycles. The molecular formula is C10H12BrNS. The van der Waals surface area contributed by atoms with Gasteiger partial charge in [-0.3, -0.25) is 0 Å². The van der Waals surface area contributed by atoms with Crippen molar-refractivity contribution in [2.24, 2.45) is 0 Å². The number of benzene rings is 1. The van der Waals surface area contributed by atoms with Crippen molar-refractivity contribution in [2.45, 2.75) is 11.8 Å². The standard InChI is InChI=1S/C10H12BrNS/c11-9-4-1-3-8(7-9)10-12-5-2-6-13-10/h1,3-4,7,10,12H,2,5-6H2/t10-/m1/s1. The van der Waals surface area contributed by atoms with Crippen LogP contribution in [0.4, 0.5) is 0 Å². The minimum atomic E-state index is 0.492. The molecule has 1 saturated heterocycles. The molecule has 1 aliphatic heterocycles. The first kappa shape index (κ1) is 9.56. The normalized spacial score (nSPS) is 23.0. The number of thioether (sulfide) groups is 1. The quantitative estimate of drug-likeness (QED) is 0.830. The molecule has 1 N–H and O–H groups in total. The minimum absolute atomic E-state index is 0.492. The van der Waals surface area contributed by atoms with E-state index in [2.05, 4.69) is 45.5 Å². The molecule has 1 atom stereocenters. The molecule has 0 bridgehead atoms. The van der Waals surface area contributed by atoms with Crippen LogP contribution in [-0.2, 0) is 0 Å². The summed E-state index contributed by atoms with van der Waals surface area (Å²) in [5, 5.41) is 4.00. The summed E-state index contributed by atoms with van der Waals surface area (Å²) in [5.74, 6) is 1.27. The van der Waals surface area contributed by atoms with Crippen molar-refractivity contribution in [3.8, 4) is 0 Å². The molecule has 1 fully saturated rings. The number of rotatable bonds is 1. The molecule has 1 aromatic rings. The molecule has 2 rings (SSSR count). The van der Waals surface area contributed by atoms with Crippen LogP contribution in [0.1, 0.15) is 17.4 Å². The molecule has 0 aliphatic carbocycles. The van der Waals surface area contributed by atoms with Gasteiger partial charge in [-0.1, -0.05) is 28.1 Å². The third kappa shape index (κ3) is 2.48. The molecule has 0 amide bonds. The van der Waals surface area contributed by atoms with Crippen LogP contribution in [0.2, 0.25) is 0 Å². The van der Waals surface area contributed by atoms with E-state index in [0.29, 0.717) is 5.37 Å². The van der Waals surface area contributed by atoms with Crippen molar-refractivity contribution in [2.75, 3.05) is 12.3 Å². The van der Waals surface area contributed by atoms with E-state index in [0.717, 1.165) is 11.0 Å². The summed E-state index contributed by atoms with van der Waals surface area (Å²) in [4.78, 5) is 0. The molecule has 1 aliphatic rings. The van der Waals surface area contributed by atoms with Gasteiger partial charge in [-0.25, -0.2) is 0 Å². The Morgan fingerprint density at radius 3 is 3.08 bits per heavy atom. The Morgan fingerprint density at radius 1 is 1.46 bits per heavy atom. The smallest absolute Gasteiger partial charge is 0.0789 e. The van der Waals surface area contributed by atoms with Gasteiger partial charge in [0.2, 0.25) is 0 Å². The summed E-state index contributed by atoms with van der Waals surface area (Å²) >= 11 is 5.48. The highest BCUT2D eigenvalue weighted by Gasteiger charge is 2.14. The van der Waals surface area contributed by atoms with Gasteiger partial charge in [0.1, 0.15) is 0 Å². The Bertz CT molecular complexity index is 284. The maximum Gasteiger partial charge on any atom is 0.0789 e. The number of halogens is 1. The van der Waals surface area contributed by atoms with Crippen LogP contribution in [0.5, 0.6) is 0 Å². The second-order valence-corrected chi connectivity index (χ2v) is 5.24. The highest BCUT2D eigenvalue weighted by atomic mass is 79.9. The zero-order valence-electron chi connectivity index (χ0n) is 7.29. The fraction of sp³-hybridized carbons (Fsp3) is 0.400. The summed E-state index contributed by atoms with van der Waals surface area (Å²) in [7, 11) is 0. The van der Waals surface area contributed by atoms with Crippen LogP contribution in [0, 0.1) is 0 Å². The molecule has 1 aromatic carbocycles. The first-order chi connectivity index (χ1) is 6.36. The molecule has 13 heavy (non-hydrogen) atoms. The fourth-order valence-corrected chi connectivity index (χ4v) is 2.99. The highest BCUT2D eigenvalue weighted by molar-refractivity contribution is 9.10. The maximum absolute atomic E-state index is 3.50. The van der Waals surface area contributed by atoms with E-state index in [1.54, 1.807) is 0 Å². The van der Waals surface area contributed by atoms with Crippen LogP contribution in [0.3, 0.4) is 0 Å². The lowest BCUT2D eigenvalue weighted by molar-refractivity contribution is 0.643. The van der Waals surface area contributed by atoms with E-state index in [9.17, 15) is 0 Å². The Balaban J connectivity index is 2.14. The fourth-order valence-electron chi connectivity index (χ4n) is 1.45. The molecule has 0 aromatic heterocycles. The van der Waals surface area contributed by atoms with Gasteiger partial charge >= 0.3 is 0 Å². The first-order valence-electron chi connectivity index (χ1n) is 4.47. The Hall–Kier alpha value is 0.01000. The van der Waals surface area contributed by atoms with Crippen molar-refractivity contribution in [3.63, 3.8) is 0 Å². The van der Waals surface area contributed by atoms with E-state index in [-0.39, 0.29) is 0 Å². The van der Waals surface area contributed by atoms with E-state index in [1.165, 1.54) is 17.7 Å². The third-order valence-electron chi connectivity index (χ3n) is 2.09. The molecular weight excluding hydrogens is 246 g/mol. The van der Waals surface area contributed by atoms with E-state index >= 15 is 0 Å². The maximum atomic E-state index is 3.50. The summed E-state index contributed by atoms with van der Waals surface area (Å²) in [6, 6.07) is 8.53. The Kier molecular flexibility index (Phi) is 3.30. The molecule has 0 spiro atoms. The number of nitrogens with one attached hydrogen (secondary N) is 1. The largest absolute Gasteiger partial charge is 0.302 e. The van der Waals surface area contributed by atoms with Crippen LogP contribution >= 0.6 is 27.7 Å². The van der Waals surface area contributed by atoms with Crippen LogP contribution < -0.4 is 5.32 Å². The van der Waals surface area contributed by atoms with Gasteiger partial charge in [-0.15, -0.1) is 11.8 Å². The van der Waals surface area contributed by atoms with Gasteiger partial charge in [-0.2, -0.15) is 0 Å². The van der Waals surface area contributed by atoms with Gasteiger partial charge in [0.15, 0.2) is 0 Å². The zero-order chi connectivity index (χ0) is 9.10. The zero-order valence-corrected chi connectivity index (χ0v) is 9.70.